The van der Waals surface area contributed by atoms with Crippen LogP contribution < -0.4 is 10.2 Å². The number of nitrogens with one attached hydrogen (secondary N) is 1. The number of methoxy groups -OCH3 is 1. The van der Waals surface area contributed by atoms with Gasteiger partial charge >= 0.3 is 5.97 Å². The molecule has 28 heavy (non-hydrogen) atoms. The van der Waals surface area contributed by atoms with E-state index in [4.69, 9.17) is 4.74 Å². The van der Waals surface area contributed by atoms with Crippen LogP contribution in [0.5, 0.6) is 0 Å². The van der Waals surface area contributed by atoms with Gasteiger partial charge in [0.1, 0.15) is 0 Å². The van der Waals surface area contributed by atoms with Gasteiger partial charge in [0, 0.05) is 24.1 Å². The molecule has 0 unspecified atom stereocenters. The van der Waals surface area contributed by atoms with Crippen molar-refractivity contribution in [3.63, 3.8) is 0 Å². The Morgan fingerprint density at radius 1 is 0.964 bits per heavy atom. The molecule has 3 aromatic rings. The van der Waals surface area contributed by atoms with E-state index in [1.807, 2.05) is 37.3 Å². The number of rotatable bonds is 6. The molecule has 1 N–H and O–H groups in total. The fraction of sp³-hybridized carbons (Fsp3) is 0.136. The number of esters is 1. The summed E-state index contributed by atoms with van der Waals surface area (Å²) in [6.07, 6.45) is 3.20. The van der Waals surface area contributed by atoms with Crippen molar-refractivity contribution >= 4 is 28.9 Å². The fourth-order valence-corrected chi connectivity index (χ4v) is 2.81. The third-order valence-corrected chi connectivity index (χ3v) is 4.21. The summed E-state index contributed by atoms with van der Waals surface area (Å²) in [5.74, 6) is -0.507. The molecule has 1 amide bonds. The van der Waals surface area contributed by atoms with E-state index in [-0.39, 0.29) is 11.9 Å². The van der Waals surface area contributed by atoms with Crippen molar-refractivity contribution in [2.24, 2.45) is 0 Å². The minimum absolute atomic E-state index is 0.120. The lowest BCUT2D eigenvalue weighted by molar-refractivity contribution is 0.0600. The van der Waals surface area contributed by atoms with E-state index >= 15 is 0 Å². The molecule has 6 heteroatoms. The van der Waals surface area contributed by atoms with Crippen LogP contribution >= 0.6 is 0 Å². The van der Waals surface area contributed by atoms with Gasteiger partial charge in [-0.3, -0.25) is 9.78 Å². The van der Waals surface area contributed by atoms with Gasteiger partial charge in [-0.05, 0) is 49.4 Å². The number of carbonyl (C=O) groups is 2. The van der Waals surface area contributed by atoms with E-state index in [1.165, 1.54) is 7.11 Å². The fourth-order valence-electron chi connectivity index (χ4n) is 2.81. The first-order valence-electron chi connectivity index (χ1n) is 8.89. The maximum Gasteiger partial charge on any atom is 0.337 e. The molecule has 0 spiro atoms. The third-order valence-electron chi connectivity index (χ3n) is 4.21. The lowest BCUT2D eigenvalue weighted by Gasteiger charge is -2.21. The van der Waals surface area contributed by atoms with Gasteiger partial charge in [-0.15, -0.1) is 0 Å². The van der Waals surface area contributed by atoms with Gasteiger partial charge in [0.2, 0.25) is 0 Å². The maximum absolute atomic E-state index is 12.9. The van der Waals surface area contributed by atoms with Gasteiger partial charge in [0.15, 0.2) is 0 Å². The Morgan fingerprint density at radius 2 is 1.68 bits per heavy atom. The van der Waals surface area contributed by atoms with Gasteiger partial charge in [0.25, 0.3) is 5.91 Å². The van der Waals surface area contributed by atoms with Gasteiger partial charge in [-0.1, -0.05) is 18.2 Å². The molecule has 0 aliphatic rings. The molecule has 1 heterocycles. The summed E-state index contributed by atoms with van der Waals surface area (Å²) in [6.45, 7) is 2.48. The summed E-state index contributed by atoms with van der Waals surface area (Å²) in [6, 6.07) is 18.2. The van der Waals surface area contributed by atoms with E-state index in [2.05, 4.69) is 10.3 Å². The Bertz CT molecular complexity index is 956. The highest BCUT2D eigenvalue weighted by molar-refractivity contribution is 6.06. The van der Waals surface area contributed by atoms with E-state index in [9.17, 15) is 9.59 Å². The topological polar surface area (TPSA) is 71.5 Å². The van der Waals surface area contributed by atoms with Crippen molar-refractivity contribution < 1.29 is 14.3 Å². The van der Waals surface area contributed by atoms with Crippen LogP contribution in [0.15, 0.2) is 73.1 Å². The molecular formula is C22H21N3O3. The molecule has 6 nitrogen and oxygen atoms in total. The molecule has 0 atom stereocenters. The molecule has 0 saturated carbocycles. The van der Waals surface area contributed by atoms with Crippen LogP contribution in [0.1, 0.15) is 27.6 Å². The molecular weight excluding hydrogens is 354 g/mol. The van der Waals surface area contributed by atoms with Crippen LogP contribution in [0.25, 0.3) is 0 Å². The summed E-state index contributed by atoms with van der Waals surface area (Å²) in [5, 5.41) is 3.19. The van der Waals surface area contributed by atoms with E-state index < -0.39 is 0 Å². The summed E-state index contributed by atoms with van der Waals surface area (Å²) < 4.78 is 4.69. The molecule has 0 aliphatic heterocycles. The van der Waals surface area contributed by atoms with Crippen molar-refractivity contribution in [2.45, 2.75) is 6.92 Å². The predicted molar refractivity (Wildman–Crippen MR) is 109 cm³/mol. The van der Waals surface area contributed by atoms with Crippen LogP contribution in [-0.2, 0) is 4.74 Å². The van der Waals surface area contributed by atoms with Crippen molar-refractivity contribution in [2.75, 3.05) is 23.9 Å². The first-order chi connectivity index (χ1) is 13.6. The molecule has 2 aromatic carbocycles. The first kappa shape index (κ1) is 19.1. The largest absolute Gasteiger partial charge is 0.465 e. The zero-order valence-electron chi connectivity index (χ0n) is 15.8. The molecule has 0 radical (unpaired) electrons. The van der Waals surface area contributed by atoms with Gasteiger partial charge in [-0.25, -0.2) is 4.79 Å². The Morgan fingerprint density at radius 3 is 2.32 bits per heavy atom. The number of anilines is 3. The second-order valence-electron chi connectivity index (χ2n) is 6.04. The van der Waals surface area contributed by atoms with E-state index in [1.54, 1.807) is 47.6 Å². The van der Waals surface area contributed by atoms with Crippen molar-refractivity contribution in [3.05, 3.63) is 84.2 Å². The van der Waals surface area contributed by atoms with Crippen LogP contribution in [0.2, 0.25) is 0 Å². The minimum Gasteiger partial charge on any atom is -0.465 e. The highest BCUT2D eigenvalue weighted by Gasteiger charge is 2.16. The Kier molecular flexibility index (Phi) is 6.01. The average Bonchev–Trinajstić information content (AvgIpc) is 2.75. The smallest absolute Gasteiger partial charge is 0.337 e. The van der Waals surface area contributed by atoms with Crippen LogP contribution in [0.3, 0.4) is 0 Å². The molecule has 0 saturated heterocycles. The normalized spacial score (nSPS) is 10.2. The van der Waals surface area contributed by atoms with Crippen LogP contribution in [0, 0.1) is 0 Å². The summed E-state index contributed by atoms with van der Waals surface area (Å²) in [4.78, 5) is 30.3. The average molecular weight is 375 g/mol. The van der Waals surface area contributed by atoms with E-state index in [0.717, 1.165) is 11.4 Å². The molecule has 0 bridgehead atoms. The number of hydrogen-bond donors (Lipinski definition) is 1. The van der Waals surface area contributed by atoms with Crippen molar-refractivity contribution in [1.29, 1.82) is 0 Å². The standard InChI is InChI=1S/C22H21N3O3/c1-3-25(20-7-5-4-6-8-20)21(26)17-13-19(15-23-14-17)24-18-11-9-16(10-12-18)22(27)28-2/h4-15,24H,3H2,1-2H3. The monoisotopic (exact) mass is 375 g/mol. The number of benzene rings is 2. The zero-order valence-corrected chi connectivity index (χ0v) is 15.8. The van der Waals surface area contributed by atoms with Gasteiger partial charge in [0.05, 0.1) is 30.1 Å². The number of hydrogen-bond acceptors (Lipinski definition) is 5. The van der Waals surface area contributed by atoms with Crippen LogP contribution in [0.4, 0.5) is 17.1 Å². The number of aromatic nitrogens is 1. The predicted octanol–water partition coefficient (Wildman–Crippen LogP) is 4.28. The highest BCUT2D eigenvalue weighted by atomic mass is 16.5. The minimum atomic E-state index is -0.388. The highest BCUT2D eigenvalue weighted by Crippen LogP contribution is 2.20. The van der Waals surface area contributed by atoms with E-state index in [0.29, 0.717) is 23.4 Å². The molecule has 3 rings (SSSR count). The number of amides is 1. The van der Waals surface area contributed by atoms with Crippen molar-refractivity contribution in [3.8, 4) is 0 Å². The first-order valence-corrected chi connectivity index (χ1v) is 8.89. The zero-order chi connectivity index (χ0) is 19.9. The number of nitrogens with zero attached hydrogens (tertiary/aromatic N) is 2. The summed E-state index contributed by atoms with van der Waals surface area (Å²) in [7, 11) is 1.34. The molecule has 0 aliphatic carbocycles. The quantitative estimate of drug-likeness (QED) is 0.651. The Balaban J connectivity index is 1.78. The number of para-hydroxylation sites is 1. The van der Waals surface area contributed by atoms with Crippen LogP contribution in [-0.4, -0.2) is 30.5 Å². The summed E-state index contributed by atoms with van der Waals surface area (Å²) >= 11 is 0. The van der Waals surface area contributed by atoms with Crippen molar-refractivity contribution in [1.82, 2.24) is 4.98 Å². The third kappa shape index (κ3) is 4.35. The van der Waals surface area contributed by atoms with Gasteiger partial charge in [-0.2, -0.15) is 0 Å². The second-order valence-corrected chi connectivity index (χ2v) is 6.04. The molecule has 0 fully saturated rings. The number of ether oxygens (including phenoxy) is 1. The summed E-state index contributed by atoms with van der Waals surface area (Å²) in [5.41, 5.74) is 3.25. The maximum atomic E-state index is 12.9. The van der Waals surface area contributed by atoms with Gasteiger partial charge < -0.3 is 15.0 Å². The lowest BCUT2D eigenvalue weighted by Crippen LogP contribution is -2.30. The molecule has 1 aromatic heterocycles. The lowest BCUT2D eigenvalue weighted by atomic mass is 10.2. The Labute approximate surface area is 163 Å². The second kappa shape index (κ2) is 8.81. The molecule has 142 valence electrons. The number of carbonyl (C=O) groups excluding carboxylic acids is 2. The number of pyridine rings is 1. The SMILES string of the molecule is CCN(C(=O)c1cncc(Nc2ccc(C(=O)OC)cc2)c1)c1ccccc1. The Hall–Kier alpha value is -3.67.